The van der Waals surface area contributed by atoms with E-state index in [9.17, 15) is 0 Å². The van der Waals surface area contributed by atoms with Crippen LogP contribution in [-0.2, 0) is 0 Å². The van der Waals surface area contributed by atoms with Gasteiger partial charge in [-0.05, 0) is 50.8 Å². The lowest BCUT2D eigenvalue weighted by Gasteiger charge is -2.25. The van der Waals surface area contributed by atoms with Gasteiger partial charge in [-0.1, -0.05) is 6.92 Å². The first-order chi connectivity index (χ1) is 10.2. The summed E-state index contributed by atoms with van der Waals surface area (Å²) in [5.41, 5.74) is 1.61. The van der Waals surface area contributed by atoms with E-state index >= 15 is 0 Å². The minimum Gasteiger partial charge on any atom is -0.356 e. The third-order valence-electron chi connectivity index (χ3n) is 3.80. The molecule has 0 aliphatic heterocycles. The first-order valence-corrected chi connectivity index (χ1v) is 7.42. The van der Waals surface area contributed by atoms with Crippen molar-refractivity contribution < 1.29 is 0 Å². The Morgan fingerprint density at radius 2 is 1.90 bits per heavy atom. The smallest absolute Gasteiger partial charge is 0.129 e. The minimum absolute atomic E-state index is 0.675. The molecule has 4 heteroatoms. The summed E-state index contributed by atoms with van der Waals surface area (Å²) < 4.78 is 0. The average molecular weight is 282 g/mol. The number of nitrogens with zero attached hydrogens (tertiary/aromatic N) is 4. The van der Waals surface area contributed by atoms with E-state index in [2.05, 4.69) is 36.8 Å². The second-order valence-corrected chi connectivity index (χ2v) is 5.16. The van der Waals surface area contributed by atoms with Crippen LogP contribution in [0.5, 0.6) is 0 Å². The van der Waals surface area contributed by atoms with Crippen molar-refractivity contribution in [2.45, 2.75) is 13.8 Å². The number of aromatic nitrogens is 1. The summed E-state index contributed by atoms with van der Waals surface area (Å²) in [5.74, 6) is 0.999. The Kier molecular flexibility index (Phi) is 5.13. The highest BCUT2D eigenvalue weighted by Crippen LogP contribution is 2.19. The SMILES string of the molecule is CCN(C)CCN(CC)c1ccc2cc(C#N)ccc2n1. The number of likely N-dealkylation sites (N-methyl/N-ethyl adjacent to an activating group) is 2. The molecule has 0 atom stereocenters. The zero-order valence-corrected chi connectivity index (χ0v) is 13.0. The number of hydrogen-bond donors (Lipinski definition) is 0. The standard InChI is InChI=1S/C17H22N4/c1-4-20(3)10-11-21(5-2)17-9-7-15-12-14(13-18)6-8-16(15)19-17/h6-9,12H,4-5,10-11H2,1-3H3. The molecule has 2 aromatic rings. The van der Waals surface area contributed by atoms with Crippen LogP contribution < -0.4 is 4.90 Å². The van der Waals surface area contributed by atoms with E-state index in [1.807, 2.05) is 30.3 Å². The van der Waals surface area contributed by atoms with Crippen molar-refractivity contribution in [3.63, 3.8) is 0 Å². The molecule has 0 saturated heterocycles. The average Bonchev–Trinajstić information content (AvgIpc) is 2.54. The van der Waals surface area contributed by atoms with Crippen molar-refractivity contribution in [3.8, 4) is 6.07 Å². The molecule has 0 saturated carbocycles. The first-order valence-electron chi connectivity index (χ1n) is 7.42. The Hall–Kier alpha value is -2.12. The quantitative estimate of drug-likeness (QED) is 0.817. The maximum absolute atomic E-state index is 8.94. The minimum atomic E-state index is 0.675. The molecule has 0 aliphatic carbocycles. The number of anilines is 1. The van der Waals surface area contributed by atoms with E-state index in [1.165, 1.54) is 0 Å². The van der Waals surface area contributed by atoms with Gasteiger partial charge >= 0.3 is 0 Å². The van der Waals surface area contributed by atoms with Crippen LogP contribution in [0.25, 0.3) is 10.9 Å². The molecule has 1 aromatic heterocycles. The molecule has 0 fully saturated rings. The summed E-state index contributed by atoms with van der Waals surface area (Å²) in [5, 5.41) is 9.95. The van der Waals surface area contributed by atoms with Gasteiger partial charge in [0.2, 0.25) is 0 Å². The van der Waals surface area contributed by atoms with Gasteiger partial charge in [-0.25, -0.2) is 4.98 Å². The van der Waals surface area contributed by atoms with E-state index in [1.54, 1.807) is 0 Å². The number of fused-ring (bicyclic) bond motifs is 1. The summed E-state index contributed by atoms with van der Waals surface area (Å²) in [6.45, 7) is 8.30. The fourth-order valence-electron chi connectivity index (χ4n) is 2.24. The van der Waals surface area contributed by atoms with E-state index in [-0.39, 0.29) is 0 Å². The van der Waals surface area contributed by atoms with Crippen LogP contribution in [-0.4, -0.2) is 43.1 Å². The molecule has 2 rings (SSSR count). The van der Waals surface area contributed by atoms with Crippen molar-refractivity contribution >= 4 is 16.7 Å². The van der Waals surface area contributed by atoms with Gasteiger partial charge in [-0.15, -0.1) is 0 Å². The monoisotopic (exact) mass is 282 g/mol. The molecule has 0 aliphatic rings. The van der Waals surface area contributed by atoms with Crippen molar-refractivity contribution in [1.82, 2.24) is 9.88 Å². The van der Waals surface area contributed by atoms with Crippen LogP contribution in [0.4, 0.5) is 5.82 Å². The van der Waals surface area contributed by atoms with Crippen LogP contribution in [0, 0.1) is 11.3 Å². The van der Waals surface area contributed by atoms with Crippen LogP contribution in [0.1, 0.15) is 19.4 Å². The summed E-state index contributed by atoms with van der Waals surface area (Å²) in [6, 6.07) is 11.9. The summed E-state index contributed by atoms with van der Waals surface area (Å²) in [7, 11) is 2.13. The molecule has 0 spiro atoms. The first kappa shape index (κ1) is 15.3. The zero-order valence-electron chi connectivity index (χ0n) is 13.0. The maximum Gasteiger partial charge on any atom is 0.129 e. The van der Waals surface area contributed by atoms with Crippen molar-refractivity contribution in [2.24, 2.45) is 0 Å². The van der Waals surface area contributed by atoms with Gasteiger partial charge in [0.1, 0.15) is 5.82 Å². The lowest BCUT2D eigenvalue weighted by Crippen LogP contribution is -2.33. The predicted molar refractivity (Wildman–Crippen MR) is 87.5 cm³/mol. The highest BCUT2D eigenvalue weighted by molar-refractivity contribution is 5.81. The number of rotatable bonds is 6. The van der Waals surface area contributed by atoms with E-state index in [4.69, 9.17) is 10.2 Å². The molecule has 0 radical (unpaired) electrons. The Morgan fingerprint density at radius 3 is 2.57 bits per heavy atom. The van der Waals surface area contributed by atoms with E-state index < -0.39 is 0 Å². The van der Waals surface area contributed by atoms with Gasteiger partial charge in [-0.2, -0.15) is 5.26 Å². The Bertz CT molecular complexity index is 645. The van der Waals surface area contributed by atoms with E-state index in [0.29, 0.717) is 5.56 Å². The number of hydrogen-bond acceptors (Lipinski definition) is 4. The molecule has 0 bridgehead atoms. The largest absolute Gasteiger partial charge is 0.356 e. The normalized spacial score (nSPS) is 10.8. The maximum atomic E-state index is 8.94. The van der Waals surface area contributed by atoms with Crippen LogP contribution in [0.3, 0.4) is 0 Å². The van der Waals surface area contributed by atoms with Gasteiger partial charge in [0, 0.05) is 25.0 Å². The summed E-state index contributed by atoms with van der Waals surface area (Å²) in [6.07, 6.45) is 0. The second-order valence-electron chi connectivity index (χ2n) is 5.16. The fraction of sp³-hybridized carbons (Fsp3) is 0.412. The Balaban J connectivity index is 2.22. The van der Waals surface area contributed by atoms with E-state index in [0.717, 1.165) is 42.9 Å². The van der Waals surface area contributed by atoms with Gasteiger partial charge in [0.05, 0.1) is 17.1 Å². The molecule has 0 unspecified atom stereocenters. The zero-order chi connectivity index (χ0) is 15.2. The third-order valence-corrected chi connectivity index (χ3v) is 3.80. The highest BCUT2D eigenvalue weighted by atomic mass is 15.2. The Labute approximate surface area is 126 Å². The third kappa shape index (κ3) is 3.71. The van der Waals surface area contributed by atoms with Crippen molar-refractivity contribution in [3.05, 3.63) is 35.9 Å². The number of nitriles is 1. The van der Waals surface area contributed by atoms with Crippen LogP contribution in [0.15, 0.2) is 30.3 Å². The topological polar surface area (TPSA) is 43.2 Å². The predicted octanol–water partition coefficient (Wildman–Crippen LogP) is 2.88. The van der Waals surface area contributed by atoms with Crippen LogP contribution >= 0.6 is 0 Å². The molecule has 0 amide bonds. The highest BCUT2D eigenvalue weighted by Gasteiger charge is 2.08. The molecular weight excluding hydrogens is 260 g/mol. The molecular formula is C17H22N4. The van der Waals surface area contributed by atoms with Crippen LogP contribution in [0.2, 0.25) is 0 Å². The second kappa shape index (κ2) is 7.05. The number of pyridine rings is 1. The Morgan fingerprint density at radius 1 is 1.10 bits per heavy atom. The lowest BCUT2D eigenvalue weighted by molar-refractivity contribution is 0.358. The van der Waals surface area contributed by atoms with Gasteiger partial charge in [-0.3, -0.25) is 0 Å². The van der Waals surface area contributed by atoms with Gasteiger partial charge < -0.3 is 9.80 Å². The molecule has 1 aromatic carbocycles. The molecule has 21 heavy (non-hydrogen) atoms. The summed E-state index contributed by atoms with van der Waals surface area (Å²) in [4.78, 5) is 9.30. The molecule has 0 N–H and O–H groups in total. The van der Waals surface area contributed by atoms with Gasteiger partial charge in [0.25, 0.3) is 0 Å². The fourth-order valence-corrected chi connectivity index (χ4v) is 2.24. The van der Waals surface area contributed by atoms with Crippen molar-refractivity contribution in [1.29, 1.82) is 5.26 Å². The molecule has 1 heterocycles. The number of benzene rings is 1. The summed E-state index contributed by atoms with van der Waals surface area (Å²) >= 11 is 0. The lowest BCUT2D eigenvalue weighted by atomic mass is 10.1. The molecule has 110 valence electrons. The van der Waals surface area contributed by atoms with Gasteiger partial charge in [0.15, 0.2) is 0 Å². The van der Waals surface area contributed by atoms with Crippen molar-refractivity contribution in [2.75, 3.05) is 38.1 Å². The molecule has 4 nitrogen and oxygen atoms in total.